The zero-order valence-electron chi connectivity index (χ0n) is 9.77. The van der Waals surface area contributed by atoms with Gasteiger partial charge in [-0.25, -0.2) is 0 Å². The molecule has 1 fully saturated rings. The largest absolute Gasteiger partial charge is 0.396 e. The van der Waals surface area contributed by atoms with E-state index in [1.807, 2.05) is 0 Å². The minimum atomic E-state index is -0.656. The minimum Gasteiger partial charge on any atom is -0.396 e. The Labute approximate surface area is 97.4 Å². The van der Waals surface area contributed by atoms with Crippen LogP contribution in [0.15, 0.2) is 25.3 Å². The van der Waals surface area contributed by atoms with Gasteiger partial charge in [0.25, 0.3) is 0 Å². The van der Waals surface area contributed by atoms with E-state index in [0.717, 1.165) is 12.8 Å². The van der Waals surface area contributed by atoms with Crippen LogP contribution in [0, 0.1) is 5.41 Å². The molecular formula is C13H22O3. The molecule has 16 heavy (non-hydrogen) atoms. The van der Waals surface area contributed by atoms with E-state index in [0.29, 0.717) is 19.4 Å². The lowest BCUT2D eigenvalue weighted by molar-refractivity contribution is -0.0918. The summed E-state index contributed by atoms with van der Waals surface area (Å²) in [6, 6.07) is 0. The molecule has 1 aliphatic heterocycles. The van der Waals surface area contributed by atoms with Gasteiger partial charge in [0.15, 0.2) is 0 Å². The van der Waals surface area contributed by atoms with Crippen LogP contribution in [0.4, 0.5) is 0 Å². The van der Waals surface area contributed by atoms with Crippen molar-refractivity contribution >= 4 is 0 Å². The molecule has 3 heteroatoms. The van der Waals surface area contributed by atoms with Crippen LogP contribution in [0.2, 0.25) is 0 Å². The number of hydrogen-bond acceptors (Lipinski definition) is 3. The predicted molar refractivity (Wildman–Crippen MR) is 64.1 cm³/mol. The van der Waals surface area contributed by atoms with Crippen molar-refractivity contribution < 1.29 is 14.9 Å². The Hall–Kier alpha value is -0.640. The van der Waals surface area contributed by atoms with Crippen molar-refractivity contribution in [1.29, 1.82) is 0 Å². The first kappa shape index (κ1) is 13.4. The molecule has 0 amide bonds. The van der Waals surface area contributed by atoms with E-state index >= 15 is 0 Å². The molecule has 0 aromatic carbocycles. The first-order chi connectivity index (χ1) is 7.70. The summed E-state index contributed by atoms with van der Waals surface area (Å²) in [4.78, 5) is 0. The molecule has 0 radical (unpaired) electrons. The van der Waals surface area contributed by atoms with E-state index in [9.17, 15) is 10.2 Å². The van der Waals surface area contributed by atoms with Crippen LogP contribution in [0.1, 0.15) is 25.7 Å². The molecule has 0 aromatic heterocycles. The molecule has 0 spiro atoms. The van der Waals surface area contributed by atoms with Crippen LogP contribution in [0.25, 0.3) is 0 Å². The fourth-order valence-electron chi connectivity index (χ4n) is 2.37. The van der Waals surface area contributed by atoms with Crippen molar-refractivity contribution in [3.63, 3.8) is 0 Å². The SMILES string of the molecule is C=CCC(CO)(CC=C)C(O)C1CCCO1. The van der Waals surface area contributed by atoms with Crippen LogP contribution < -0.4 is 0 Å². The van der Waals surface area contributed by atoms with Crippen LogP contribution in [-0.2, 0) is 4.74 Å². The van der Waals surface area contributed by atoms with E-state index in [-0.39, 0.29) is 12.7 Å². The summed E-state index contributed by atoms with van der Waals surface area (Å²) in [7, 11) is 0. The summed E-state index contributed by atoms with van der Waals surface area (Å²) >= 11 is 0. The number of aliphatic hydroxyl groups excluding tert-OH is 2. The van der Waals surface area contributed by atoms with E-state index < -0.39 is 11.5 Å². The molecule has 2 unspecified atom stereocenters. The molecule has 2 N–H and O–H groups in total. The number of ether oxygens (including phenoxy) is 1. The zero-order valence-corrected chi connectivity index (χ0v) is 9.77. The predicted octanol–water partition coefficient (Wildman–Crippen LogP) is 1.66. The van der Waals surface area contributed by atoms with Gasteiger partial charge in [-0.2, -0.15) is 0 Å². The summed E-state index contributed by atoms with van der Waals surface area (Å²) in [5, 5.41) is 19.9. The molecule has 1 saturated heterocycles. The van der Waals surface area contributed by atoms with Crippen LogP contribution in [0.5, 0.6) is 0 Å². The van der Waals surface area contributed by atoms with E-state index in [4.69, 9.17) is 4.74 Å². The first-order valence-electron chi connectivity index (χ1n) is 5.82. The zero-order chi connectivity index (χ0) is 12.0. The molecular weight excluding hydrogens is 204 g/mol. The number of allylic oxidation sites excluding steroid dienone is 2. The Morgan fingerprint density at radius 3 is 2.38 bits per heavy atom. The number of aliphatic hydroxyl groups is 2. The highest BCUT2D eigenvalue weighted by Gasteiger charge is 2.41. The molecule has 0 bridgehead atoms. The average Bonchev–Trinajstić information content (AvgIpc) is 2.81. The van der Waals surface area contributed by atoms with Crippen LogP contribution >= 0.6 is 0 Å². The summed E-state index contributed by atoms with van der Waals surface area (Å²) < 4.78 is 5.49. The summed E-state index contributed by atoms with van der Waals surface area (Å²) in [6.45, 7) is 8.00. The molecule has 92 valence electrons. The van der Waals surface area contributed by atoms with Crippen LogP contribution in [-0.4, -0.2) is 35.6 Å². The van der Waals surface area contributed by atoms with Crippen LogP contribution in [0.3, 0.4) is 0 Å². The summed E-state index contributed by atoms with van der Waals surface area (Å²) in [6.07, 6.45) is 5.62. The standard InChI is InChI=1S/C13H22O3/c1-3-7-13(10-14,8-4-2)12(15)11-6-5-9-16-11/h3-4,11-12,14-15H,1-2,5-10H2. The molecule has 0 saturated carbocycles. The molecule has 0 aromatic rings. The second-order valence-electron chi connectivity index (χ2n) is 4.50. The van der Waals surface area contributed by atoms with Gasteiger partial charge in [-0.15, -0.1) is 13.2 Å². The van der Waals surface area contributed by atoms with Gasteiger partial charge >= 0.3 is 0 Å². The van der Waals surface area contributed by atoms with Crippen molar-refractivity contribution in [1.82, 2.24) is 0 Å². The summed E-state index contributed by atoms with van der Waals surface area (Å²) in [5.74, 6) is 0. The highest BCUT2D eigenvalue weighted by Crippen LogP contribution is 2.36. The second kappa shape index (κ2) is 6.18. The molecule has 1 aliphatic rings. The average molecular weight is 226 g/mol. The third kappa shape index (κ3) is 2.73. The van der Waals surface area contributed by atoms with Crippen molar-refractivity contribution in [2.45, 2.75) is 37.9 Å². The molecule has 1 heterocycles. The van der Waals surface area contributed by atoms with Crippen molar-refractivity contribution in [3.8, 4) is 0 Å². The van der Waals surface area contributed by atoms with Gasteiger partial charge in [0.1, 0.15) is 0 Å². The van der Waals surface area contributed by atoms with Gasteiger partial charge in [-0.1, -0.05) is 12.2 Å². The van der Waals surface area contributed by atoms with E-state index in [1.54, 1.807) is 12.2 Å². The van der Waals surface area contributed by atoms with Gasteiger partial charge < -0.3 is 14.9 Å². The number of hydrogen-bond donors (Lipinski definition) is 2. The second-order valence-corrected chi connectivity index (χ2v) is 4.50. The third-order valence-corrected chi connectivity index (χ3v) is 3.36. The smallest absolute Gasteiger partial charge is 0.0885 e. The highest BCUT2D eigenvalue weighted by molar-refractivity contribution is 4.99. The van der Waals surface area contributed by atoms with Gasteiger partial charge in [0.05, 0.1) is 18.8 Å². The quantitative estimate of drug-likeness (QED) is 0.649. The van der Waals surface area contributed by atoms with Gasteiger partial charge in [0.2, 0.25) is 0 Å². The lowest BCUT2D eigenvalue weighted by atomic mass is 9.74. The molecule has 3 nitrogen and oxygen atoms in total. The molecule has 1 rings (SSSR count). The fraction of sp³-hybridized carbons (Fsp3) is 0.692. The van der Waals surface area contributed by atoms with Gasteiger partial charge in [0, 0.05) is 12.0 Å². The first-order valence-corrected chi connectivity index (χ1v) is 5.82. The monoisotopic (exact) mass is 226 g/mol. The lowest BCUT2D eigenvalue weighted by Crippen LogP contribution is -2.45. The highest BCUT2D eigenvalue weighted by atomic mass is 16.5. The van der Waals surface area contributed by atoms with Gasteiger partial charge in [-0.3, -0.25) is 0 Å². The Bertz CT molecular complexity index is 221. The maximum Gasteiger partial charge on any atom is 0.0885 e. The van der Waals surface area contributed by atoms with Gasteiger partial charge in [-0.05, 0) is 25.7 Å². The Morgan fingerprint density at radius 1 is 1.38 bits per heavy atom. The van der Waals surface area contributed by atoms with E-state index in [1.165, 1.54) is 0 Å². The van der Waals surface area contributed by atoms with E-state index in [2.05, 4.69) is 13.2 Å². The lowest BCUT2D eigenvalue weighted by Gasteiger charge is -2.37. The Kier molecular flexibility index (Phi) is 5.19. The molecule has 2 atom stereocenters. The maximum absolute atomic E-state index is 10.3. The summed E-state index contributed by atoms with van der Waals surface area (Å²) in [5.41, 5.74) is -0.585. The maximum atomic E-state index is 10.3. The van der Waals surface area contributed by atoms with Crippen molar-refractivity contribution in [3.05, 3.63) is 25.3 Å². The Morgan fingerprint density at radius 2 is 2.00 bits per heavy atom. The topological polar surface area (TPSA) is 49.7 Å². The fourth-order valence-corrected chi connectivity index (χ4v) is 2.37. The third-order valence-electron chi connectivity index (χ3n) is 3.36. The molecule has 0 aliphatic carbocycles. The Balaban J connectivity index is 2.78. The normalized spacial score (nSPS) is 23.0. The minimum absolute atomic E-state index is 0.0773. The van der Waals surface area contributed by atoms with Crippen molar-refractivity contribution in [2.75, 3.05) is 13.2 Å². The number of rotatable bonds is 7. The van der Waals surface area contributed by atoms with Crippen molar-refractivity contribution in [2.24, 2.45) is 5.41 Å².